The molecule has 1 amide bonds. The van der Waals surface area contributed by atoms with Crippen LogP contribution in [0, 0.1) is 5.92 Å². The maximum atomic E-state index is 12.3. The second kappa shape index (κ2) is 7.17. The zero-order valence-electron chi connectivity index (χ0n) is 12.4. The molecule has 1 aliphatic heterocycles. The number of aromatic nitrogens is 3. The highest BCUT2D eigenvalue weighted by atomic mass is 16.5. The summed E-state index contributed by atoms with van der Waals surface area (Å²) in [4.78, 5) is 16.5. The average Bonchev–Trinajstić information content (AvgIpc) is 3.07. The Balaban J connectivity index is 1.71. The van der Waals surface area contributed by atoms with Gasteiger partial charge in [-0.05, 0) is 36.5 Å². The Bertz CT molecular complexity index is 579. The molecule has 2 aromatic heterocycles. The predicted octanol–water partition coefficient (Wildman–Crippen LogP) is 1.56. The van der Waals surface area contributed by atoms with Crippen LogP contribution in [0.3, 0.4) is 0 Å². The summed E-state index contributed by atoms with van der Waals surface area (Å²) in [6.07, 6.45) is 8.92. The Kier molecular flexibility index (Phi) is 4.80. The highest BCUT2D eigenvalue weighted by Gasteiger charge is 2.27. The lowest BCUT2D eigenvalue weighted by Crippen LogP contribution is -2.37. The first kappa shape index (κ1) is 14.7. The van der Waals surface area contributed by atoms with Crippen molar-refractivity contribution in [3.05, 3.63) is 48.5 Å². The quantitative estimate of drug-likeness (QED) is 0.910. The first-order valence-corrected chi connectivity index (χ1v) is 7.57. The van der Waals surface area contributed by atoms with E-state index in [9.17, 15) is 4.79 Å². The van der Waals surface area contributed by atoms with Gasteiger partial charge in [-0.15, -0.1) is 0 Å². The minimum absolute atomic E-state index is 0.0272. The molecule has 2 aromatic rings. The van der Waals surface area contributed by atoms with Gasteiger partial charge < -0.3 is 10.1 Å². The van der Waals surface area contributed by atoms with E-state index in [2.05, 4.69) is 15.4 Å². The van der Waals surface area contributed by atoms with Crippen LogP contribution in [0.4, 0.5) is 0 Å². The smallest absolute Gasteiger partial charge is 0.242 e. The highest BCUT2D eigenvalue weighted by molar-refractivity contribution is 5.76. The number of ether oxygens (including phenoxy) is 1. The lowest BCUT2D eigenvalue weighted by Gasteiger charge is -2.31. The van der Waals surface area contributed by atoms with Gasteiger partial charge in [0, 0.05) is 38.0 Å². The first-order valence-electron chi connectivity index (χ1n) is 7.57. The van der Waals surface area contributed by atoms with Crippen molar-refractivity contribution >= 4 is 5.91 Å². The van der Waals surface area contributed by atoms with Gasteiger partial charge in [-0.25, -0.2) is 0 Å². The Morgan fingerprint density at radius 3 is 2.91 bits per heavy atom. The van der Waals surface area contributed by atoms with Crippen molar-refractivity contribution in [2.45, 2.75) is 25.4 Å². The average molecular weight is 300 g/mol. The van der Waals surface area contributed by atoms with Gasteiger partial charge in [0.2, 0.25) is 5.91 Å². The third-order valence-corrected chi connectivity index (χ3v) is 3.96. The fourth-order valence-corrected chi connectivity index (χ4v) is 2.84. The summed E-state index contributed by atoms with van der Waals surface area (Å²) >= 11 is 0. The molecule has 1 N–H and O–H groups in total. The number of hydrogen-bond acceptors (Lipinski definition) is 4. The fraction of sp³-hybridized carbons (Fsp3) is 0.438. The predicted molar refractivity (Wildman–Crippen MR) is 80.9 cm³/mol. The normalized spacial score (nSPS) is 17.1. The number of nitrogens with zero attached hydrogens (tertiary/aromatic N) is 3. The monoisotopic (exact) mass is 300 g/mol. The molecular formula is C16H20N4O2. The van der Waals surface area contributed by atoms with E-state index in [1.54, 1.807) is 23.3 Å². The molecule has 22 heavy (non-hydrogen) atoms. The van der Waals surface area contributed by atoms with Crippen LogP contribution in [0.1, 0.15) is 24.4 Å². The molecule has 1 fully saturated rings. The Morgan fingerprint density at radius 1 is 1.36 bits per heavy atom. The molecule has 116 valence electrons. The van der Waals surface area contributed by atoms with Crippen molar-refractivity contribution in [2.24, 2.45) is 5.92 Å². The lowest BCUT2D eigenvalue weighted by molar-refractivity contribution is -0.123. The van der Waals surface area contributed by atoms with E-state index in [0.717, 1.165) is 31.6 Å². The van der Waals surface area contributed by atoms with Gasteiger partial charge in [0.1, 0.15) is 6.54 Å². The number of amides is 1. The number of rotatable bonds is 5. The van der Waals surface area contributed by atoms with E-state index in [4.69, 9.17) is 4.74 Å². The number of nitrogens with one attached hydrogen (secondary N) is 1. The molecule has 0 spiro atoms. The maximum absolute atomic E-state index is 12.3. The minimum Gasteiger partial charge on any atom is -0.381 e. The molecule has 6 heteroatoms. The topological polar surface area (TPSA) is 69.0 Å². The van der Waals surface area contributed by atoms with Crippen LogP contribution >= 0.6 is 0 Å². The Labute approximate surface area is 129 Å². The van der Waals surface area contributed by atoms with Crippen molar-refractivity contribution in [2.75, 3.05) is 13.2 Å². The molecule has 1 saturated heterocycles. The minimum atomic E-state index is -0.0379. The molecule has 0 aliphatic carbocycles. The van der Waals surface area contributed by atoms with Gasteiger partial charge in [-0.3, -0.25) is 14.5 Å². The fourth-order valence-electron chi connectivity index (χ4n) is 2.84. The summed E-state index contributed by atoms with van der Waals surface area (Å²) in [5.41, 5.74) is 1.04. The summed E-state index contributed by atoms with van der Waals surface area (Å²) < 4.78 is 7.06. The maximum Gasteiger partial charge on any atom is 0.242 e. The van der Waals surface area contributed by atoms with Crippen LogP contribution in [0.2, 0.25) is 0 Å². The van der Waals surface area contributed by atoms with E-state index >= 15 is 0 Å². The van der Waals surface area contributed by atoms with Crippen LogP contribution in [0.5, 0.6) is 0 Å². The van der Waals surface area contributed by atoms with Gasteiger partial charge in [0.25, 0.3) is 0 Å². The van der Waals surface area contributed by atoms with Crippen LogP contribution in [-0.4, -0.2) is 33.9 Å². The summed E-state index contributed by atoms with van der Waals surface area (Å²) in [7, 11) is 0. The van der Waals surface area contributed by atoms with Gasteiger partial charge in [0.05, 0.1) is 6.04 Å². The van der Waals surface area contributed by atoms with E-state index in [0.29, 0.717) is 5.92 Å². The second-order valence-electron chi connectivity index (χ2n) is 5.48. The first-order chi connectivity index (χ1) is 10.8. The molecule has 6 nitrogen and oxygen atoms in total. The van der Waals surface area contributed by atoms with Gasteiger partial charge in [-0.1, -0.05) is 6.07 Å². The molecule has 0 aromatic carbocycles. The van der Waals surface area contributed by atoms with E-state index in [-0.39, 0.29) is 18.5 Å². The molecule has 3 rings (SSSR count). The van der Waals surface area contributed by atoms with Crippen LogP contribution in [0.15, 0.2) is 43.0 Å². The molecule has 3 heterocycles. The van der Waals surface area contributed by atoms with Crippen LogP contribution in [0.25, 0.3) is 0 Å². The SMILES string of the molecule is O=C(Cn1cccn1)NC(c1cccnc1)C1CCOCC1. The van der Waals surface area contributed by atoms with E-state index in [1.807, 2.05) is 24.4 Å². The molecule has 0 radical (unpaired) electrons. The summed E-state index contributed by atoms with van der Waals surface area (Å²) in [6, 6.07) is 5.70. The number of carbonyl (C=O) groups excluding carboxylic acids is 1. The van der Waals surface area contributed by atoms with Gasteiger partial charge in [-0.2, -0.15) is 5.10 Å². The van der Waals surface area contributed by atoms with E-state index in [1.165, 1.54) is 0 Å². The van der Waals surface area contributed by atoms with Crippen molar-refractivity contribution in [3.63, 3.8) is 0 Å². The van der Waals surface area contributed by atoms with Crippen LogP contribution < -0.4 is 5.32 Å². The molecular weight excluding hydrogens is 280 g/mol. The molecule has 0 bridgehead atoms. The lowest BCUT2D eigenvalue weighted by atomic mass is 9.87. The third-order valence-electron chi connectivity index (χ3n) is 3.96. The van der Waals surface area contributed by atoms with E-state index < -0.39 is 0 Å². The largest absolute Gasteiger partial charge is 0.381 e. The van der Waals surface area contributed by atoms with Gasteiger partial charge >= 0.3 is 0 Å². The standard InChI is InChI=1S/C16H20N4O2/c21-15(12-20-8-2-7-18-20)19-16(13-4-9-22-10-5-13)14-3-1-6-17-11-14/h1-3,6-8,11,13,16H,4-5,9-10,12H2,(H,19,21). The molecule has 1 atom stereocenters. The third kappa shape index (κ3) is 3.71. The van der Waals surface area contributed by atoms with Gasteiger partial charge in [0.15, 0.2) is 0 Å². The number of carbonyl (C=O) groups is 1. The molecule has 0 saturated carbocycles. The second-order valence-corrected chi connectivity index (χ2v) is 5.48. The van der Waals surface area contributed by atoms with Crippen LogP contribution in [-0.2, 0) is 16.1 Å². The summed E-state index contributed by atoms with van der Waals surface area (Å²) in [6.45, 7) is 1.72. The zero-order valence-corrected chi connectivity index (χ0v) is 12.4. The highest BCUT2D eigenvalue weighted by Crippen LogP contribution is 2.29. The van der Waals surface area contributed by atoms with Crippen molar-refractivity contribution < 1.29 is 9.53 Å². The van der Waals surface area contributed by atoms with Crippen molar-refractivity contribution in [1.29, 1.82) is 0 Å². The Morgan fingerprint density at radius 2 is 2.23 bits per heavy atom. The molecule has 1 aliphatic rings. The molecule has 1 unspecified atom stereocenters. The zero-order chi connectivity index (χ0) is 15.2. The Hall–Kier alpha value is -2.21. The summed E-state index contributed by atoms with van der Waals surface area (Å²) in [5.74, 6) is 0.337. The summed E-state index contributed by atoms with van der Waals surface area (Å²) in [5, 5.41) is 7.22. The number of hydrogen-bond donors (Lipinski definition) is 1. The number of pyridine rings is 1. The van der Waals surface area contributed by atoms with Crippen molar-refractivity contribution in [3.8, 4) is 0 Å². The van der Waals surface area contributed by atoms with Crippen molar-refractivity contribution in [1.82, 2.24) is 20.1 Å².